The van der Waals surface area contributed by atoms with Gasteiger partial charge in [0.2, 0.25) is 5.91 Å². The normalized spacial score (nSPS) is 14.3. The summed E-state index contributed by atoms with van der Waals surface area (Å²) in [6, 6.07) is 12.1. The van der Waals surface area contributed by atoms with Crippen LogP contribution in [0.5, 0.6) is 5.75 Å². The second kappa shape index (κ2) is 11.3. The van der Waals surface area contributed by atoms with Gasteiger partial charge in [0.25, 0.3) is 11.5 Å². The highest BCUT2D eigenvalue weighted by atomic mass is 16.5. The minimum absolute atomic E-state index is 0.00533. The lowest BCUT2D eigenvalue weighted by molar-refractivity contribution is -0.126. The van der Waals surface area contributed by atoms with Crippen molar-refractivity contribution in [1.82, 2.24) is 20.0 Å². The molecule has 0 spiro atoms. The largest absolute Gasteiger partial charge is 0.492 e. The number of ether oxygens (including phenoxy) is 2. The molecule has 0 radical (unpaired) electrons. The first-order chi connectivity index (χ1) is 15.1. The molecule has 1 aliphatic rings. The topological polar surface area (TPSA) is 103 Å². The van der Waals surface area contributed by atoms with Gasteiger partial charge in [-0.1, -0.05) is 18.2 Å². The number of methoxy groups -OCH3 is 1. The van der Waals surface area contributed by atoms with Gasteiger partial charge >= 0.3 is 0 Å². The zero-order chi connectivity index (χ0) is 22.1. The molecule has 3 rings (SSSR count). The summed E-state index contributed by atoms with van der Waals surface area (Å²) in [7, 11) is 1.59. The predicted molar refractivity (Wildman–Crippen MR) is 114 cm³/mol. The molecule has 2 aromatic rings. The van der Waals surface area contributed by atoms with E-state index >= 15 is 0 Å². The summed E-state index contributed by atoms with van der Waals surface area (Å²) in [5, 5.41) is 7.07. The Morgan fingerprint density at radius 1 is 1.10 bits per heavy atom. The number of nitrogens with zero attached hydrogens (tertiary/aromatic N) is 3. The Balaban J connectivity index is 1.53. The molecule has 0 saturated carbocycles. The van der Waals surface area contributed by atoms with E-state index in [1.807, 2.05) is 30.3 Å². The lowest BCUT2D eigenvalue weighted by atomic mass is 9.95. The summed E-state index contributed by atoms with van der Waals surface area (Å²) in [6.45, 7) is 2.39. The summed E-state index contributed by atoms with van der Waals surface area (Å²) in [5.41, 5.74) is -0.0815. The summed E-state index contributed by atoms with van der Waals surface area (Å²) in [4.78, 5) is 38.8. The van der Waals surface area contributed by atoms with Crippen molar-refractivity contribution in [3.05, 3.63) is 58.5 Å². The van der Waals surface area contributed by atoms with Crippen LogP contribution < -0.4 is 15.6 Å². The molecule has 166 valence electrons. The number of carbonyl (C=O) groups excluding carboxylic acids is 2. The van der Waals surface area contributed by atoms with Crippen LogP contribution in [0.3, 0.4) is 0 Å². The fourth-order valence-electron chi connectivity index (χ4n) is 3.42. The molecule has 0 aliphatic carbocycles. The van der Waals surface area contributed by atoms with Crippen LogP contribution in [0.4, 0.5) is 0 Å². The zero-order valence-electron chi connectivity index (χ0n) is 17.7. The third-order valence-electron chi connectivity index (χ3n) is 5.16. The van der Waals surface area contributed by atoms with Gasteiger partial charge in [-0.05, 0) is 31.0 Å². The van der Waals surface area contributed by atoms with Crippen molar-refractivity contribution >= 4 is 11.8 Å². The van der Waals surface area contributed by atoms with Crippen molar-refractivity contribution in [2.24, 2.45) is 5.92 Å². The summed E-state index contributed by atoms with van der Waals surface area (Å²) in [6.07, 6.45) is 1.18. The van der Waals surface area contributed by atoms with Gasteiger partial charge in [0.05, 0.1) is 13.2 Å². The van der Waals surface area contributed by atoms with Crippen LogP contribution in [0, 0.1) is 5.92 Å². The molecular weight excluding hydrogens is 400 g/mol. The van der Waals surface area contributed by atoms with Gasteiger partial charge in [-0.3, -0.25) is 14.4 Å². The third kappa shape index (κ3) is 6.39. The number of likely N-dealkylation sites (tertiary alicyclic amines) is 1. The maximum absolute atomic E-state index is 12.8. The smallest absolute Gasteiger partial charge is 0.274 e. The van der Waals surface area contributed by atoms with E-state index < -0.39 is 0 Å². The lowest BCUT2D eigenvalue weighted by Crippen LogP contribution is -2.44. The molecule has 2 amide bonds. The van der Waals surface area contributed by atoms with Gasteiger partial charge in [-0.25, -0.2) is 4.68 Å². The van der Waals surface area contributed by atoms with Crippen molar-refractivity contribution < 1.29 is 19.1 Å². The van der Waals surface area contributed by atoms with E-state index in [2.05, 4.69) is 10.4 Å². The quantitative estimate of drug-likeness (QED) is 0.597. The molecule has 9 nitrogen and oxygen atoms in total. The number of rotatable bonds is 9. The Morgan fingerprint density at radius 2 is 1.84 bits per heavy atom. The zero-order valence-corrected chi connectivity index (χ0v) is 17.7. The highest BCUT2D eigenvalue weighted by Gasteiger charge is 2.28. The molecule has 2 heterocycles. The number of aromatic nitrogens is 2. The minimum atomic E-state index is -0.292. The van der Waals surface area contributed by atoms with Crippen LogP contribution in [-0.4, -0.2) is 66.5 Å². The van der Waals surface area contributed by atoms with Gasteiger partial charge < -0.3 is 19.7 Å². The van der Waals surface area contributed by atoms with Crippen molar-refractivity contribution in [2.45, 2.75) is 19.4 Å². The molecule has 1 aromatic carbocycles. The first-order valence-corrected chi connectivity index (χ1v) is 10.4. The fraction of sp³-hybridized carbons (Fsp3) is 0.455. The van der Waals surface area contributed by atoms with E-state index in [1.54, 1.807) is 12.0 Å². The predicted octanol–water partition coefficient (Wildman–Crippen LogP) is 0.937. The SMILES string of the molecule is COCCNC(=O)C1CCN(C(=O)c2ccc(=O)n(CCOc3ccccc3)n2)CC1. The Labute approximate surface area is 181 Å². The first-order valence-electron chi connectivity index (χ1n) is 10.4. The number of carbonyl (C=O) groups is 2. The van der Waals surface area contributed by atoms with Crippen molar-refractivity contribution in [1.29, 1.82) is 0 Å². The second-order valence-corrected chi connectivity index (χ2v) is 7.29. The molecule has 1 saturated heterocycles. The average Bonchev–Trinajstić information content (AvgIpc) is 2.81. The van der Waals surface area contributed by atoms with Crippen LogP contribution in [0.1, 0.15) is 23.3 Å². The average molecular weight is 428 g/mol. The van der Waals surface area contributed by atoms with E-state index in [0.29, 0.717) is 44.8 Å². The van der Waals surface area contributed by atoms with Crippen LogP contribution in [0.15, 0.2) is 47.3 Å². The highest BCUT2D eigenvalue weighted by Crippen LogP contribution is 2.18. The molecule has 1 fully saturated rings. The van der Waals surface area contributed by atoms with Crippen molar-refractivity contribution in [3.63, 3.8) is 0 Å². The molecule has 0 bridgehead atoms. The number of amides is 2. The number of benzene rings is 1. The minimum Gasteiger partial charge on any atom is -0.492 e. The van der Waals surface area contributed by atoms with Crippen molar-refractivity contribution in [3.8, 4) is 5.75 Å². The summed E-state index contributed by atoms with van der Waals surface area (Å²) in [5.74, 6) is 0.347. The van der Waals surface area contributed by atoms with Gasteiger partial charge in [0.15, 0.2) is 0 Å². The van der Waals surface area contributed by atoms with E-state index in [9.17, 15) is 14.4 Å². The number of hydrogen-bond donors (Lipinski definition) is 1. The fourth-order valence-corrected chi connectivity index (χ4v) is 3.42. The Bertz CT molecular complexity index is 923. The molecule has 0 atom stereocenters. The van der Waals surface area contributed by atoms with Crippen LogP contribution in [-0.2, 0) is 16.1 Å². The van der Waals surface area contributed by atoms with Gasteiger partial charge in [-0.15, -0.1) is 0 Å². The molecular formula is C22H28N4O5. The van der Waals surface area contributed by atoms with Gasteiger partial charge in [0, 0.05) is 38.7 Å². The van der Waals surface area contributed by atoms with E-state index in [1.165, 1.54) is 16.8 Å². The maximum atomic E-state index is 12.8. The molecule has 1 N–H and O–H groups in total. The first kappa shape index (κ1) is 22.5. The molecule has 31 heavy (non-hydrogen) atoms. The Hall–Kier alpha value is -3.20. The van der Waals surface area contributed by atoms with E-state index in [-0.39, 0.29) is 42.1 Å². The number of para-hydroxylation sites is 1. The van der Waals surface area contributed by atoms with Gasteiger partial charge in [-0.2, -0.15) is 5.10 Å². The molecule has 0 unspecified atom stereocenters. The van der Waals surface area contributed by atoms with Crippen molar-refractivity contribution in [2.75, 3.05) is 40.0 Å². The lowest BCUT2D eigenvalue weighted by Gasteiger charge is -2.31. The molecule has 1 aliphatic heterocycles. The van der Waals surface area contributed by atoms with Crippen LogP contribution in [0.2, 0.25) is 0 Å². The monoisotopic (exact) mass is 428 g/mol. The number of hydrogen-bond acceptors (Lipinski definition) is 6. The van der Waals surface area contributed by atoms with Gasteiger partial charge in [0.1, 0.15) is 18.1 Å². The van der Waals surface area contributed by atoms with E-state index in [4.69, 9.17) is 9.47 Å². The van der Waals surface area contributed by atoms with Crippen LogP contribution in [0.25, 0.3) is 0 Å². The van der Waals surface area contributed by atoms with E-state index in [0.717, 1.165) is 0 Å². The third-order valence-corrected chi connectivity index (χ3v) is 5.16. The highest BCUT2D eigenvalue weighted by molar-refractivity contribution is 5.92. The molecule has 1 aromatic heterocycles. The summed E-state index contributed by atoms with van der Waals surface area (Å²) >= 11 is 0. The summed E-state index contributed by atoms with van der Waals surface area (Å²) < 4.78 is 11.8. The number of piperidine rings is 1. The number of nitrogens with one attached hydrogen (secondary N) is 1. The Morgan fingerprint density at radius 3 is 2.55 bits per heavy atom. The second-order valence-electron chi connectivity index (χ2n) is 7.29. The maximum Gasteiger partial charge on any atom is 0.274 e. The molecule has 9 heteroatoms. The Kier molecular flexibility index (Phi) is 8.17. The van der Waals surface area contributed by atoms with Crippen LogP contribution >= 0.6 is 0 Å². The standard InChI is InChI=1S/C22H28N4O5/c1-30-15-11-23-21(28)17-9-12-25(13-10-17)22(29)19-7-8-20(27)26(24-19)14-16-31-18-5-3-2-4-6-18/h2-8,17H,9-16H2,1H3,(H,23,28).